The van der Waals surface area contributed by atoms with Crippen molar-refractivity contribution in [3.05, 3.63) is 47.5 Å². The van der Waals surface area contributed by atoms with Gasteiger partial charge in [-0.15, -0.1) is 0 Å². The first-order chi connectivity index (χ1) is 20.4. The van der Waals surface area contributed by atoms with Gasteiger partial charge in [-0.2, -0.15) is 0 Å². The average Bonchev–Trinajstić information content (AvgIpc) is 3.29. The maximum atomic E-state index is 14.9. The standard InChI is InChI=1S/C27H30FN5O4.C3H7NO/c1-35-23-5-3-20-24(33-23)18(19(28)13-29-20)6-7-26-8-10-27(11-9-26,16-36-15-26)30-12-17-2-4-21-25(31-17)32-22(34)14-37-21;4-3-1-5-2-3/h2-5,13,30H,6-12,14-16H2,1H3,(H,31,32,34);3H,1-2,4H2. The number of ether oxygens (including phenoxy) is 4. The minimum Gasteiger partial charge on any atom is -0.481 e. The average molecular weight is 581 g/mol. The molecule has 4 N–H and O–H groups in total. The Bertz CT molecular complexity index is 1440. The second-order valence-electron chi connectivity index (χ2n) is 11.7. The van der Waals surface area contributed by atoms with E-state index in [1.54, 1.807) is 13.2 Å². The lowest BCUT2D eigenvalue weighted by molar-refractivity contribution is -0.118. The van der Waals surface area contributed by atoms with Crippen molar-refractivity contribution in [1.82, 2.24) is 20.3 Å². The monoisotopic (exact) mass is 580 g/mol. The summed E-state index contributed by atoms with van der Waals surface area (Å²) >= 11 is 0. The molecule has 12 heteroatoms. The van der Waals surface area contributed by atoms with E-state index < -0.39 is 0 Å². The molecule has 0 unspecified atom stereocenters. The molecule has 7 heterocycles. The predicted molar refractivity (Wildman–Crippen MR) is 153 cm³/mol. The summed E-state index contributed by atoms with van der Waals surface area (Å²) < 4.78 is 36.4. The predicted octanol–water partition coefficient (Wildman–Crippen LogP) is 2.90. The minimum atomic E-state index is -0.329. The van der Waals surface area contributed by atoms with Crippen molar-refractivity contribution in [3.63, 3.8) is 0 Å². The maximum absolute atomic E-state index is 14.9. The van der Waals surface area contributed by atoms with Crippen molar-refractivity contribution in [1.29, 1.82) is 0 Å². The van der Waals surface area contributed by atoms with Crippen LogP contribution in [0.25, 0.3) is 11.0 Å². The number of methoxy groups -OCH3 is 1. The Morgan fingerprint density at radius 1 is 1.12 bits per heavy atom. The lowest BCUT2D eigenvalue weighted by atomic mass is 9.66. The number of anilines is 1. The molecule has 0 radical (unpaired) electrons. The summed E-state index contributed by atoms with van der Waals surface area (Å²) in [6, 6.07) is 7.66. The number of carbonyl (C=O) groups is 1. The van der Waals surface area contributed by atoms with Gasteiger partial charge in [-0.3, -0.25) is 9.78 Å². The largest absolute Gasteiger partial charge is 0.481 e. The molecule has 224 valence electrons. The summed E-state index contributed by atoms with van der Waals surface area (Å²) in [5.74, 6) is 0.989. The van der Waals surface area contributed by atoms with E-state index in [-0.39, 0.29) is 29.3 Å². The normalized spacial score (nSPS) is 24.9. The van der Waals surface area contributed by atoms with E-state index in [1.165, 1.54) is 6.20 Å². The van der Waals surface area contributed by atoms with E-state index in [0.717, 1.165) is 51.0 Å². The third-order valence-electron chi connectivity index (χ3n) is 8.75. The molecule has 1 amide bonds. The van der Waals surface area contributed by atoms with Crippen LogP contribution in [0.4, 0.5) is 10.2 Å². The number of pyridine rings is 3. The van der Waals surface area contributed by atoms with Crippen LogP contribution >= 0.6 is 0 Å². The molecule has 0 aromatic carbocycles. The van der Waals surface area contributed by atoms with Gasteiger partial charge < -0.3 is 35.3 Å². The molecular weight excluding hydrogens is 543 g/mol. The smallest absolute Gasteiger partial charge is 0.263 e. The zero-order valence-electron chi connectivity index (χ0n) is 23.8. The zero-order chi connectivity index (χ0) is 29.2. The third-order valence-corrected chi connectivity index (χ3v) is 8.75. The number of halogens is 1. The summed E-state index contributed by atoms with van der Waals surface area (Å²) in [4.78, 5) is 24.9. The van der Waals surface area contributed by atoms with Gasteiger partial charge in [0.1, 0.15) is 5.82 Å². The zero-order valence-corrected chi connectivity index (χ0v) is 23.8. The molecule has 4 aliphatic heterocycles. The van der Waals surface area contributed by atoms with E-state index in [0.29, 0.717) is 66.3 Å². The Kier molecular flexibility index (Phi) is 8.22. The highest BCUT2D eigenvalue weighted by Gasteiger charge is 2.46. The van der Waals surface area contributed by atoms with Gasteiger partial charge in [0.15, 0.2) is 18.2 Å². The van der Waals surface area contributed by atoms with E-state index in [4.69, 9.17) is 24.7 Å². The third kappa shape index (κ3) is 6.17. The number of hydrogen-bond acceptors (Lipinski definition) is 10. The number of aromatic nitrogens is 3. The van der Waals surface area contributed by atoms with Crippen LogP contribution in [0.5, 0.6) is 11.6 Å². The van der Waals surface area contributed by atoms with Crippen LogP contribution < -0.4 is 25.8 Å². The molecule has 0 atom stereocenters. The second-order valence-corrected chi connectivity index (χ2v) is 11.7. The molecule has 1 saturated carbocycles. The Labute approximate surface area is 243 Å². The highest BCUT2D eigenvalue weighted by atomic mass is 19.1. The van der Waals surface area contributed by atoms with E-state index in [1.807, 2.05) is 18.2 Å². The fraction of sp³-hybridized carbons (Fsp3) is 0.533. The van der Waals surface area contributed by atoms with Gasteiger partial charge in [0.2, 0.25) is 5.88 Å². The van der Waals surface area contributed by atoms with Crippen molar-refractivity contribution in [3.8, 4) is 11.6 Å². The van der Waals surface area contributed by atoms with Crippen LogP contribution in [-0.4, -0.2) is 72.6 Å². The van der Waals surface area contributed by atoms with Gasteiger partial charge in [-0.25, -0.2) is 14.4 Å². The number of carbonyl (C=O) groups excluding carboxylic acids is 1. The lowest BCUT2D eigenvalue weighted by Gasteiger charge is -2.42. The van der Waals surface area contributed by atoms with Crippen LogP contribution in [-0.2, 0) is 27.2 Å². The highest BCUT2D eigenvalue weighted by molar-refractivity contribution is 5.94. The van der Waals surface area contributed by atoms with Gasteiger partial charge in [-0.1, -0.05) is 0 Å². The Balaban J connectivity index is 0.000000573. The number of amides is 1. The SMILES string of the molecule is COc1ccc2ncc(F)c(CCC34CCC(NCc5ccc6c(n5)NC(=O)CO6)(CC3)COC4)c2n1.NC1COC1. The second kappa shape index (κ2) is 12.0. The number of hydrogen-bond donors (Lipinski definition) is 3. The summed E-state index contributed by atoms with van der Waals surface area (Å²) in [7, 11) is 1.55. The summed E-state index contributed by atoms with van der Waals surface area (Å²) in [5, 5.41) is 6.46. The summed E-state index contributed by atoms with van der Waals surface area (Å²) in [6.07, 6.45) is 6.64. The maximum Gasteiger partial charge on any atom is 0.263 e. The van der Waals surface area contributed by atoms with Crippen LogP contribution in [0.3, 0.4) is 0 Å². The van der Waals surface area contributed by atoms with Gasteiger partial charge in [-0.05, 0) is 62.1 Å². The van der Waals surface area contributed by atoms with Crippen LogP contribution in [0, 0.1) is 11.2 Å². The highest BCUT2D eigenvalue weighted by Crippen LogP contribution is 2.47. The topological polar surface area (TPSA) is 143 Å². The first kappa shape index (κ1) is 28.7. The fourth-order valence-electron chi connectivity index (χ4n) is 6.01. The molecule has 0 spiro atoms. The molecule has 8 rings (SSSR count). The molecule has 42 heavy (non-hydrogen) atoms. The number of aryl methyl sites for hydroxylation is 1. The van der Waals surface area contributed by atoms with Crippen molar-refractivity contribution < 1.29 is 28.1 Å². The Morgan fingerprint density at radius 2 is 1.93 bits per heavy atom. The number of fused-ring (bicyclic) bond motifs is 6. The van der Waals surface area contributed by atoms with Gasteiger partial charge in [0.25, 0.3) is 5.91 Å². The molecule has 5 aliphatic rings. The number of nitrogens with one attached hydrogen (secondary N) is 2. The number of nitrogens with zero attached hydrogens (tertiary/aromatic N) is 3. The molecule has 1 aliphatic carbocycles. The van der Waals surface area contributed by atoms with Gasteiger partial charge in [0, 0.05) is 23.7 Å². The van der Waals surface area contributed by atoms with E-state index in [2.05, 4.69) is 25.6 Å². The van der Waals surface area contributed by atoms with Crippen LogP contribution in [0.2, 0.25) is 0 Å². The molecule has 3 aromatic rings. The van der Waals surface area contributed by atoms with Gasteiger partial charge in [0.05, 0.1) is 62.5 Å². The first-order valence-electron chi connectivity index (χ1n) is 14.4. The summed E-state index contributed by atoms with van der Waals surface area (Å²) in [5.41, 5.74) is 7.80. The van der Waals surface area contributed by atoms with Crippen molar-refractivity contribution >= 4 is 22.8 Å². The van der Waals surface area contributed by atoms with Crippen molar-refractivity contribution in [2.45, 2.75) is 56.7 Å². The Hall–Kier alpha value is -3.45. The number of nitrogens with two attached hydrogens (primary N) is 1. The molecular formula is C30H37FN6O5. The van der Waals surface area contributed by atoms with Crippen LogP contribution in [0.1, 0.15) is 43.4 Å². The summed E-state index contributed by atoms with van der Waals surface area (Å²) in [6.45, 7) is 3.41. The molecule has 2 bridgehead atoms. The number of rotatable bonds is 7. The Morgan fingerprint density at radius 3 is 2.67 bits per heavy atom. The molecule has 3 aromatic heterocycles. The molecule has 4 fully saturated rings. The lowest BCUT2D eigenvalue weighted by Crippen LogP contribution is -2.50. The fourth-order valence-corrected chi connectivity index (χ4v) is 6.01. The van der Waals surface area contributed by atoms with Crippen molar-refractivity contribution in [2.24, 2.45) is 11.1 Å². The van der Waals surface area contributed by atoms with Crippen molar-refractivity contribution in [2.75, 3.05) is 45.5 Å². The van der Waals surface area contributed by atoms with Crippen LogP contribution in [0.15, 0.2) is 30.5 Å². The molecule has 3 saturated heterocycles. The van der Waals surface area contributed by atoms with E-state index >= 15 is 0 Å². The van der Waals surface area contributed by atoms with Gasteiger partial charge >= 0.3 is 0 Å². The van der Waals surface area contributed by atoms with E-state index in [9.17, 15) is 9.18 Å². The quantitative estimate of drug-likeness (QED) is 0.382. The minimum absolute atomic E-state index is 0.00820. The molecule has 11 nitrogen and oxygen atoms in total. The first-order valence-corrected chi connectivity index (χ1v) is 14.4.